The van der Waals surface area contributed by atoms with Crippen LogP contribution in [0.3, 0.4) is 0 Å². The number of carboxylic acid groups (broad SMARTS) is 1. The molecule has 45 heavy (non-hydrogen) atoms. The Morgan fingerprint density at radius 2 is 1.44 bits per heavy atom. The lowest BCUT2D eigenvalue weighted by Gasteiger charge is -2.31. The highest BCUT2D eigenvalue weighted by Crippen LogP contribution is 2.15. The molecule has 234 valence electrons. The van der Waals surface area contributed by atoms with Gasteiger partial charge in [0.15, 0.2) is 0 Å². The fraction of sp³-hybridized carbons (Fsp3) is 0.242. The second kappa shape index (κ2) is 15.7. The number of aromatic nitrogens is 2. The van der Waals surface area contributed by atoms with Crippen molar-refractivity contribution < 1.29 is 34.1 Å². The molecule has 0 saturated heterocycles. The van der Waals surface area contributed by atoms with Gasteiger partial charge in [0.1, 0.15) is 30.5 Å². The topological polar surface area (TPSA) is 174 Å². The summed E-state index contributed by atoms with van der Waals surface area (Å²) in [5.41, 5.74) is 2.65. The van der Waals surface area contributed by atoms with Gasteiger partial charge >= 0.3 is 12.1 Å². The first kappa shape index (κ1) is 32.3. The molecular weight excluding hydrogens is 578 g/mol. The van der Waals surface area contributed by atoms with Crippen LogP contribution in [0.25, 0.3) is 0 Å². The van der Waals surface area contributed by atoms with Crippen molar-refractivity contribution in [2.75, 3.05) is 7.05 Å². The number of phenols is 1. The van der Waals surface area contributed by atoms with E-state index in [2.05, 4.69) is 20.6 Å². The number of rotatable bonds is 14. The fourth-order valence-electron chi connectivity index (χ4n) is 4.70. The molecule has 4 aromatic rings. The Morgan fingerprint density at radius 1 is 0.822 bits per heavy atom. The van der Waals surface area contributed by atoms with Gasteiger partial charge in [0.2, 0.25) is 11.8 Å². The maximum absolute atomic E-state index is 14.0. The van der Waals surface area contributed by atoms with Crippen LogP contribution in [-0.2, 0) is 45.0 Å². The molecule has 3 atom stereocenters. The number of aliphatic carboxylic acids is 1. The van der Waals surface area contributed by atoms with Crippen LogP contribution in [0.4, 0.5) is 4.79 Å². The third kappa shape index (κ3) is 9.68. The smallest absolute Gasteiger partial charge is 0.408 e. The Bertz CT molecular complexity index is 1550. The molecule has 12 heteroatoms. The predicted molar refractivity (Wildman–Crippen MR) is 164 cm³/mol. The normalized spacial score (nSPS) is 12.7. The Labute approximate surface area is 260 Å². The summed E-state index contributed by atoms with van der Waals surface area (Å²) in [6.07, 6.45) is 2.20. The molecule has 0 radical (unpaired) electrons. The van der Waals surface area contributed by atoms with E-state index in [1.54, 1.807) is 48.5 Å². The van der Waals surface area contributed by atoms with Crippen LogP contribution in [0.1, 0.15) is 22.4 Å². The SMILES string of the molecule is CN(C(=O)[C@H](Cc1cnc[nH]1)NC(=O)OCc1ccccc1)[C@@H](Cc1ccccc1)C(=O)N[C@@H](Cc1ccc(O)cc1)C(=O)O. The lowest BCUT2D eigenvalue weighted by atomic mass is 10.0. The summed E-state index contributed by atoms with van der Waals surface area (Å²) in [6, 6.07) is 20.5. The van der Waals surface area contributed by atoms with Gasteiger partial charge in [-0.25, -0.2) is 14.6 Å². The molecule has 0 spiro atoms. The highest BCUT2D eigenvalue weighted by molar-refractivity contribution is 5.93. The van der Waals surface area contributed by atoms with Crippen LogP contribution in [-0.4, -0.2) is 74.1 Å². The van der Waals surface area contributed by atoms with E-state index in [1.165, 1.54) is 36.6 Å². The lowest BCUT2D eigenvalue weighted by molar-refractivity contribution is -0.144. The van der Waals surface area contributed by atoms with Crippen molar-refractivity contribution in [2.45, 2.75) is 44.0 Å². The van der Waals surface area contributed by atoms with Crippen molar-refractivity contribution in [1.82, 2.24) is 25.5 Å². The number of phenolic OH excluding ortho intramolecular Hbond substituents is 1. The van der Waals surface area contributed by atoms with Crippen molar-refractivity contribution in [3.8, 4) is 5.75 Å². The third-order valence-corrected chi connectivity index (χ3v) is 7.16. The summed E-state index contributed by atoms with van der Waals surface area (Å²) in [6.45, 7) is -0.00979. The first-order valence-electron chi connectivity index (χ1n) is 14.3. The molecule has 0 bridgehead atoms. The van der Waals surface area contributed by atoms with E-state index in [0.29, 0.717) is 11.3 Å². The average molecular weight is 614 g/mol. The third-order valence-electron chi connectivity index (χ3n) is 7.16. The zero-order valence-corrected chi connectivity index (χ0v) is 24.6. The summed E-state index contributed by atoms with van der Waals surface area (Å²) in [5, 5.41) is 24.7. The molecular formula is C33H35N5O7. The van der Waals surface area contributed by atoms with Crippen LogP contribution >= 0.6 is 0 Å². The number of nitrogens with one attached hydrogen (secondary N) is 3. The van der Waals surface area contributed by atoms with Crippen molar-refractivity contribution in [2.24, 2.45) is 0 Å². The maximum atomic E-state index is 14.0. The van der Waals surface area contributed by atoms with Gasteiger partial charge in [0, 0.05) is 38.2 Å². The van der Waals surface area contributed by atoms with Crippen molar-refractivity contribution in [3.05, 3.63) is 120 Å². The van der Waals surface area contributed by atoms with Crippen molar-refractivity contribution in [3.63, 3.8) is 0 Å². The number of carbonyl (C=O) groups excluding carboxylic acids is 3. The monoisotopic (exact) mass is 613 g/mol. The number of ether oxygens (including phenoxy) is 1. The number of hydrogen-bond acceptors (Lipinski definition) is 7. The number of imidazole rings is 1. The van der Waals surface area contributed by atoms with Crippen LogP contribution in [0.2, 0.25) is 0 Å². The highest BCUT2D eigenvalue weighted by atomic mass is 16.5. The number of carbonyl (C=O) groups is 4. The number of H-pyrrole nitrogens is 1. The first-order chi connectivity index (χ1) is 21.7. The molecule has 0 aliphatic carbocycles. The molecule has 1 aromatic heterocycles. The minimum absolute atomic E-state index is 0.00979. The minimum Gasteiger partial charge on any atom is -0.508 e. The molecule has 0 aliphatic heterocycles. The molecule has 1 heterocycles. The second-order valence-electron chi connectivity index (χ2n) is 10.5. The standard InChI is InChI=1S/C33H35N5O7/c1-38(31(41)27(18-25-19-34-21-35-25)37-33(44)45-20-24-10-6-3-7-11-24)29(17-22-8-4-2-5-9-22)30(40)36-28(32(42)43)16-23-12-14-26(39)15-13-23/h2-15,19,21,27-29,39H,16-18,20H2,1H3,(H,34,35)(H,36,40)(H,37,44)(H,42,43)/t27-,28-,29-/m0/s1. The molecule has 0 saturated carbocycles. The Morgan fingerprint density at radius 3 is 2.04 bits per heavy atom. The van der Waals surface area contributed by atoms with E-state index < -0.39 is 42.0 Å². The number of nitrogens with zero attached hydrogens (tertiary/aromatic N) is 2. The van der Waals surface area contributed by atoms with Crippen LogP contribution in [0.5, 0.6) is 5.75 Å². The zero-order valence-electron chi connectivity index (χ0n) is 24.6. The van der Waals surface area contributed by atoms with Gasteiger partial charge in [-0.2, -0.15) is 0 Å². The number of amides is 3. The number of aromatic hydroxyl groups is 1. The van der Waals surface area contributed by atoms with Crippen LogP contribution < -0.4 is 10.6 Å². The minimum atomic E-state index is -1.31. The first-order valence-corrected chi connectivity index (χ1v) is 14.3. The van der Waals surface area contributed by atoms with Gasteiger partial charge in [-0.15, -0.1) is 0 Å². The Hall–Kier alpha value is -5.65. The van der Waals surface area contributed by atoms with E-state index >= 15 is 0 Å². The lowest BCUT2D eigenvalue weighted by Crippen LogP contribution is -2.57. The molecule has 3 aromatic carbocycles. The molecule has 0 fully saturated rings. The van der Waals surface area contributed by atoms with Gasteiger partial charge in [0.25, 0.3) is 0 Å². The number of hydrogen-bond donors (Lipinski definition) is 5. The Kier molecular flexibility index (Phi) is 11.3. The van der Waals surface area contributed by atoms with Crippen molar-refractivity contribution >= 4 is 23.9 Å². The summed E-state index contributed by atoms with van der Waals surface area (Å²) in [5.74, 6) is -2.51. The number of benzene rings is 3. The summed E-state index contributed by atoms with van der Waals surface area (Å²) >= 11 is 0. The second-order valence-corrected chi connectivity index (χ2v) is 10.5. The molecule has 12 nitrogen and oxygen atoms in total. The van der Waals surface area contributed by atoms with E-state index in [9.17, 15) is 29.4 Å². The van der Waals surface area contributed by atoms with Gasteiger partial charge in [-0.05, 0) is 28.8 Å². The van der Waals surface area contributed by atoms with Gasteiger partial charge < -0.3 is 35.5 Å². The molecule has 5 N–H and O–H groups in total. The van der Waals surface area contributed by atoms with Crippen LogP contribution in [0, 0.1) is 0 Å². The zero-order chi connectivity index (χ0) is 32.2. The number of carboxylic acids is 1. The van der Waals surface area contributed by atoms with E-state index in [1.807, 2.05) is 24.3 Å². The fourth-order valence-corrected chi connectivity index (χ4v) is 4.70. The quantitative estimate of drug-likeness (QED) is 0.144. The number of alkyl carbamates (subject to hydrolysis) is 1. The molecule has 4 rings (SSSR count). The van der Waals surface area contributed by atoms with Gasteiger partial charge in [0.05, 0.1) is 6.33 Å². The van der Waals surface area contributed by atoms with Crippen molar-refractivity contribution in [1.29, 1.82) is 0 Å². The van der Waals surface area contributed by atoms with E-state index in [4.69, 9.17) is 4.74 Å². The Balaban J connectivity index is 1.54. The molecule has 0 unspecified atom stereocenters. The van der Waals surface area contributed by atoms with E-state index in [-0.39, 0.29) is 31.6 Å². The largest absolute Gasteiger partial charge is 0.508 e. The summed E-state index contributed by atoms with van der Waals surface area (Å²) < 4.78 is 5.35. The average Bonchev–Trinajstić information content (AvgIpc) is 3.56. The highest BCUT2D eigenvalue weighted by Gasteiger charge is 2.34. The molecule has 3 amide bonds. The molecule has 0 aliphatic rings. The number of aromatic amines is 1. The summed E-state index contributed by atoms with van der Waals surface area (Å²) in [7, 11) is 1.43. The van der Waals surface area contributed by atoms with Crippen LogP contribution in [0.15, 0.2) is 97.5 Å². The van der Waals surface area contributed by atoms with Gasteiger partial charge in [-0.1, -0.05) is 72.8 Å². The van der Waals surface area contributed by atoms with E-state index in [0.717, 1.165) is 11.1 Å². The summed E-state index contributed by atoms with van der Waals surface area (Å²) in [4.78, 5) is 60.8. The predicted octanol–water partition coefficient (Wildman–Crippen LogP) is 2.83. The van der Waals surface area contributed by atoms with Gasteiger partial charge in [-0.3, -0.25) is 9.59 Å². The maximum Gasteiger partial charge on any atom is 0.408 e. The number of likely N-dealkylation sites (N-methyl/N-ethyl adjacent to an activating group) is 1.